The van der Waals surface area contributed by atoms with Gasteiger partial charge in [0.05, 0.1) is 20.0 Å². The third kappa shape index (κ3) is 6.26. The molecule has 0 aliphatic carbocycles. The van der Waals surface area contributed by atoms with Crippen molar-refractivity contribution in [2.75, 3.05) is 33.6 Å². The molecule has 0 bridgehead atoms. The average molecular weight is 393 g/mol. The third-order valence-electron chi connectivity index (χ3n) is 3.72. The van der Waals surface area contributed by atoms with E-state index in [2.05, 4.69) is 0 Å². The van der Waals surface area contributed by atoms with Gasteiger partial charge in [0.15, 0.2) is 11.5 Å². The molecule has 0 unspecified atom stereocenters. The van der Waals surface area contributed by atoms with Gasteiger partial charge in [-0.05, 0) is 29.8 Å². The van der Waals surface area contributed by atoms with Crippen LogP contribution in [0.3, 0.4) is 0 Å². The number of carbonyl (C=O) groups excluding carboxylic acids is 1. The Bertz CT molecular complexity index is 867. The lowest BCUT2D eigenvalue weighted by Gasteiger charge is -2.23. The predicted molar refractivity (Wildman–Crippen MR) is 102 cm³/mol. The Labute approximate surface area is 159 Å². The molecule has 0 saturated heterocycles. The molecule has 0 atom stereocenters. The molecule has 1 amide bonds. The highest BCUT2D eigenvalue weighted by Crippen LogP contribution is 2.29. The minimum atomic E-state index is -3.71. The van der Waals surface area contributed by atoms with Crippen molar-refractivity contribution in [2.24, 2.45) is 0 Å². The molecular formula is C19H23NO6S. The van der Waals surface area contributed by atoms with Crippen LogP contribution in [0, 0.1) is 0 Å². The largest absolute Gasteiger partial charge is 0.493 e. The second kappa shape index (κ2) is 9.38. The molecule has 0 heterocycles. The summed E-state index contributed by atoms with van der Waals surface area (Å²) in [5.74, 6) is 0.229. The van der Waals surface area contributed by atoms with Crippen molar-refractivity contribution < 1.29 is 26.9 Å². The maximum atomic E-state index is 12.8. The number of methoxy groups -OCH3 is 2. The van der Waals surface area contributed by atoms with E-state index in [1.54, 1.807) is 54.5 Å². The van der Waals surface area contributed by atoms with E-state index in [4.69, 9.17) is 13.7 Å². The van der Waals surface area contributed by atoms with Crippen molar-refractivity contribution in [3.8, 4) is 11.5 Å². The topological polar surface area (TPSA) is 82.1 Å². The standard InChI is InChI=1S/C19H23NO6S/c1-24-12-11-20(19(21)16-7-5-4-6-8-16)14-15-9-10-17(25-2)18(13-15)26-27(3,22)23/h4-10,13H,11-12,14H2,1-3H3. The van der Waals surface area contributed by atoms with Crippen molar-refractivity contribution in [1.82, 2.24) is 4.90 Å². The fraction of sp³-hybridized carbons (Fsp3) is 0.316. The highest BCUT2D eigenvalue weighted by Gasteiger charge is 2.18. The first-order chi connectivity index (χ1) is 12.8. The molecule has 0 aromatic heterocycles. The molecule has 2 rings (SSSR count). The van der Waals surface area contributed by atoms with Gasteiger partial charge < -0.3 is 18.6 Å². The van der Waals surface area contributed by atoms with Gasteiger partial charge in [-0.1, -0.05) is 24.3 Å². The SMILES string of the molecule is COCCN(Cc1ccc(OC)c(OS(C)(=O)=O)c1)C(=O)c1ccccc1. The molecule has 2 aromatic rings. The van der Waals surface area contributed by atoms with Gasteiger partial charge in [-0.25, -0.2) is 0 Å². The molecule has 0 radical (unpaired) electrons. The number of benzene rings is 2. The number of carbonyl (C=O) groups is 1. The van der Waals surface area contributed by atoms with Gasteiger partial charge >= 0.3 is 10.1 Å². The molecule has 0 N–H and O–H groups in total. The number of hydrogen-bond donors (Lipinski definition) is 0. The number of ether oxygens (including phenoxy) is 2. The lowest BCUT2D eigenvalue weighted by atomic mass is 10.1. The zero-order chi connectivity index (χ0) is 19.9. The van der Waals surface area contributed by atoms with E-state index >= 15 is 0 Å². The second-order valence-electron chi connectivity index (χ2n) is 5.86. The first kappa shape index (κ1) is 20.7. The second-order valence-corrected chi connectivity index (χ2v) is 7.43. The molecule has 0 spiro atoms. The minimum Gasteiger partial charge on any atom is -0.493 e. The molecule has 7 nitrogen and oxygen atoms in total. The van der Waals surface area contributed by atoms with Gasteiger partial charge in [-0.3, -0.25) is 4.79 Å². The van der Waals surface area contributed by atoms with Crippen molar-refractivity contribution in [1.29, 1.82) is 0 Å². The Balaban J connectivity index is 2.28. The highest BCUT2D eigenvalue weighted by molar-refractivity contribution is 7.86. The molecule has 27 heavy (non-hydrogen) atoms. The van der Waals surface area contributed by atoms with Gasteiger partial charge in [0, 0.05) is 25.8 Å². The molecule has 8 heteroatoms. The predicted octanol–water partition coefficient (Wildman–Crippen LogP) is 2.32. The summed E-state index contributed by atoms with van der Waals surface area (Å²) in [6.07, 6.45) is 0.961. The maximum Gasteiger partial charge on any atom is 0.306 e. The van der Waals surface area contributed by atoms with Gasteiger partial charge in [0.2, 0.25) is 0 Å². The lowest BCUT2D eigenvalue weighted by molar-refractivity contribution is 0.0680. The van der Waals surface area contributed by atoms with Gasteiger partial charge in [0.25, 0.3) is 5.91 Å². The van der Waals surface area contributed by atoms with Crippen LogP contribution in [0.1, 0.15) is 15.9 Å². The number of hydrogen-bond acceptors (Lipinski definition) is 6. The van der Waals surface area contributed by atoms with Crippen LogP contribution in [0.2, 0.25) is 0 Å². The van der Waals surface area contributed by atoms with E-state index in [-0.39, 0.29) is 18.2 Å². The van der Waals surface area contributed by atoms with Crippen molar-refractivity contribution in [3.63, 3.8) is 0 Å². The van der Waals surface area contributed by atoms with E-state index in [0.29, 0.717) is 30.0 Å². The zero-order valence-corrected chi connectivity index (χ0v) is 16.4. The lowest BCUT2D eigenvalue weighted by Crippen LogP contribution is -2.33. The third-order valence-corrected chi connectivity index (χ3v) is 4.20. The average Bonchev–Trinajstić information content (AvgIpc) is 2.64. The first-order valence-corrected chi connectivity index (χ1v) is 10.1. The van der Waals surface area contributed by atoms with Crippen molar-refractivity contribution in [2.45, 2.75) is 6.54 Å². The van der Waals surface area contributed by atoms with Crippen LogP contribution in [-0.4, -0.2) is 52.9 Å². The maximum absolute atomic E-state index is 12.8. The van der Waals surface area contributed by atoms with E-state index in [0.717, 1.165) is 6.26 Å². The van der Waals surface area contributed by atoms with Crippen LogP contribution in [0.5, 0.6) is 11.5 Å². The Hall–Kier alpha value is -2.58. The van der Waals surface area contributed by atoms with Crippen molar-refractivity contribution >= 4 is 16.0 Å². The molecule has 0 aliphatic heterocycles. The summed E-state index contributed by atoms with van der Waals surface area (Å²) in [4.78, 5) is 14.4. The fourth-order valence-electron chi connectivity index (χ4n) is 2.49. The van der Waals surface area contributed by atoms with Crippen LogP contribution < -0.4 is 8.92 Å². The molecule has 2 aromatic carbocycles. The quantitative estimate of drug-likeness (QED) is 0.608. The smallest absolute Gasteiger partial charge is 0.306 e. The Morgan fingerprint density at radius 2 is 1.74 bits per heavy atom. The summed E-state index contributed by atoms with van der Waals surface area (Å²) >= 11 is 0. The minimum absolute atomic E-state index is 0.0800. The molecule has 0 saturated carbocycles. The Kier molecular flexibility index (Phi) is 7.20. The number of rotatable bonds is 9. The van der Waals surface area contributed by atoms with Crippen LogP contribution in [-0.2, 0) is 21.4 Å². The highest BCUT2D eigenvalue weighted by atomic mass is 32.2. The Morgan fingerprint density at radius 1 is 1.04 bits per heavy atom. The fourth-order valence-corrected chi connectivity index (χ4v) is 2.94. The van der Waals surface area contributed by atoms with E-state index in [9.17, 15) is 13.2 Å². The Morgan fingerprint density at radius 3 is 2.33 bits per heavy atom. The molecule has 0 fully saturated rings. The van der Waals surface area contributed by atoms with Gasteiger partial charge in [-0.15, -0.1) is 0 Å². The summed E-state index contributed by atoms with van der Waals surface area (Å²) in [6.45, 7) is 1.03. The summed E-state index contributed by atoms with van der Waals surface area (Å²) in [6, 6.07) is 13.8. The summed E-state index contributed by atoms with van der Waals surface area (Å²) in [5.41, 5.74) is 1.27. The van der Waals surface area contributed by atoms with E-state index in [1.807, 2.05) is 6.07 Å². The number of nitrogens with zero attached hydrogens (tertiary/aromatic N) is 1. The first-order valence-electron chi connectivity index (χ1n) is 8.23. The monoisotopic (exact) mass is 393 g/mol. The van der Waals surface area contributed by atoms with E-state index in [1.165, 1.54) is 7.11 Å². The van der Waals surface area contributed by atoms with Crippen LogP contribution >= 0.6 is 0 Å². The summed E-state index contributed by atoms with van der Waals surface area (Å²) in [5, 5.41) is 0. The summed E-state index contributed by atoms with van der Waals surface area (Å²) < 4.78 is 38.2. The van der Waals surface area contributed by atoms with Crippen LogP contribution in [0.25, 0.3) is 0 Å². The van der Waals surface area contributed by atoms with Gasteiger partial charge in [0.1, 0.15) is 0 Å². The van der Waals surface area contributed by atoms with E-state index < -0.39 is 10.1 Å². The zero-order valence-electron chi connectivity index (χ0n) is 15.5. The van der Waals surface area contributed by atoms with Crippen LogP contribution in [0.15, 0.2) is 48.5 Å². The normalized spacial score (nSPS) is 11.1. The summed E-state index contributed by atoms with van der Waals surface area (Å²) in [7, 11) is -0.718. The molecule has 0 aliphatic rings. The molecular weight excluding hydrogens is 370 g/mol. The van der Waals surface area contributed by atoms with Crippen molar-refractivity contribution in [3.05, 3.63) is 59.7 Å². The van der Waals surface area contributed by atoms with Crippen LogP contribution in [0.4, 0.5) is 0 Å². The number of amides is 1. The van der Waals surface area contributed by atoms with Gasteiger partial charge in [-0.2, -0.15) is 8.42 Å². The molecule has 146 valence electrons.